The maximum Gasteiger partial charge on any atom is 0.253 e. The lowest BCUT2D eigenvalue weighted by Crippen LogP contribution is -2.47. The van der Waals surface area contributed by atoms with Gasteiger partial charge in [-0.3, -0.25) is 9.59 Å². The van der Waals surface area contributed by atoms with Gasteiger partial charge in [0.15, 0.2) is 5.79 Å². The van der Waals surface area contributed by atoms with Crippen molar-refractivity contribution in [1.29, 1.82) is 0 Å². The number of hydrogen-bond acceptors (Lipinski definition) is 4. The van der Waals surface area contributed by atoms with Crippen molar-refractivity contribution in [2.75, 3.05) is 39.4 Å². The van der Waals surface area contributed by atoms with Crippen LogP contribution >= 0.6 is 0 Å². The Bertz CT molecular complexity index is 679. The molecule has 3 fully saturated rings. The van der Waals surface area contributed by atoms with Crippen molar-refractivity contribution in [3.63, 3.8) is 0 Å². The van der Waals surface area contributed by atoms with Crippen molar-refractivity contribution in [3.8, 4) is 0 Å². The molecule has 0 aromatic heterocycles. The van der Waals surface area contributed by atoms with E-state index in [0.717, 1.165) is 25.9 Å². The molecule has 1 spiro atoms. The van der Waals surface area contributed by atoms with E-state index in [1.165, 1.54) is 0 Å². The molecule has 0 atom stereocenters. The van der Waals surface area contributed by atoms with Gasteiger partial charge in [-0.05, 0) is 43.0 Å². The first-order chi connectivity index (χ1) is 13.1. The smallest absolute Gasteiger partial charge is 0.253 e. The van der Waals surface area contributed by atoms with Crippen LogP contribution in [-0.2, 0) is 9.47 Å². The van der Waals surface area contributed by atoms with E-state index in [1.54, 1.807) is 24.3 Å². The monoisotopic (exact) mass is 372 g/mol. The average Bonchev–Trinajstić information content (AvgIpc) is 3.16. The van der Waals surface area contributed by atoms with E-state index in [1.807, 2.05) is 9.80 Å². The number of carbonyl (C=O) groups excluding carboxylic acids is 2. The number of carbonyl (C=O) groups is 2. The van der Waals surface area contributed by atoms with Crippen molar-refractivity contribution >= 4 is 11.8 Å². The van der Waals surface area contributed by atoms with Gasteiger partial charge in [0, 0.05) is 50.1 Å². The van der Waals surface area contributed by atoms with E-state index >= 15 is 0 Å². The Morgan fingerprint density at radius 2 is 1.30 bits per heavy atom. The highest BCUT2D eigenvalue weighted by Crippen LogP contribution is 2.31. The number of amides is 2. The summed E-state index contributed by atoms with van der Waals surface area (Å²) in [6.45, 7) is 6.41. The van der Waals surface area contributed by atoms with Crippen LogP contribution in [0, 0.1) is 5.92 Å². The van der Waals surface area contributed by atoms with E-state index in [-0.39, 0.29) is 11.8 Å². The molecule has 3 aliphatic heterocycles. The Hall–Kier alpha value is -1.92. The van der Waals surface area contributed by atoms with Crippen LogP contribution in [0.1, 0.15) is 53.3 Å². The lowest BCUT2D eigenvalue weighted by molar-refractivity contribution is -0.181. The zero-order valence-corrected chi connectivity index (χ0v) is 16.0. The molecule has 2 amide bonds. The Morgan fingerprint density at radius 1 is 0.852 bits per heavy atom. The van der Waals surface area contributed by atoms with Crippen molar-refractivity contribution in [3.05, 3.63) is 35.4 Å². The molecule has 4 rings (SSSR count). The molecule has 0 bridgehead atoms. The van der Waals surface area contributed by atoms with Crippen LogP contribution in [0.25, 0.3) is 0 Å². The molecular formula is C21H28N2O4. The number of ether oxygens (including phenoxy) is 2. The van der Waals surface area contributed by atoms with Crippen LogP contribution in [0.15, 0.2) is 24.3 Å². The first kappa shape index (κ1) is 18.4. The van der Waals surface area contributed by atoms with Crippen LogP contribution in [0.5, 0.6) is 0 Å². The summed E-state index contributed by atoms with van der Waals surface area (Å²) in [5.41, 5.74) is 1.29. The van der Waals surface area contributed by atoms with Crippen LogP contribution in [0.4, 0.5) is 0 Å². The van der Waals surface area contributed by atoms with Gasteiger partial charge in [0.25, 0.3) is 11.8 Å². The number of likely N-dealkylation sites (tertiary alicyclic amines) is 2. The van der Waals surface area contributed by atoms with Gasteiger partial charge in [-0.1, -0.05) is 6.92 Å². The predicted octanol–water partition coefficient (Wildman–Crippen LogP) is 2.54. The zero-order valence-electron chi connectivity index (χ0n) is 16.0. The molecule has 0 N–H and O–H groups in total. The molecule has 3 aliphatic rings. The number of piperidine rings is 2. The zero-order chi connectivity index (χ0) is 18.9. The molecule has 1 aromatic carbocycles. The summed E-state index contributed by atoms with van der Waals surface area (Å²) in [6.07, 6.45) is 3.55. The normalized spacial score (nSPS) is 23.0. The quantitative estimate of drug-likeness (QED) is 0.801. The van der Waals surface area contributed by atoms with Crippen molar-refractivity contribution in [2.24, 2.45) is 5.92 Å². The van der Waals surface area contributed by atoms with E-state index in [4.69, 9.17) is 9.47 Å². The summed E-state index contributed by atoms with van der Waals surface area (Å²) in [5, 5.41) is 0. The van der Waals surface area contributed by atoms with Crippen molar-refractivity contribution in [2.45, 2.75) is 38.4 Å². The lowest BCUT2D eigenvalue weighted by atomic mass is 9.98. The summed E-state index contributed by atoms with van der Waals surface area (Å²) >= 11 is 0. The summed E-state index contributed by atoms with van der Waals surface area (Å²) in [7, 11) is 0. The maximum absolute atomic E-state index is 12.8. The summed E-state index contributed by atoms with van der Waals surface area (Å²) < 4.78 is 11.4. The lowest BCUT2D eigenvalue weighted by Gasteiger charge is -2.37. The van der Waals surface area contributed by atoms with Gasteiger partial charge in [-0.25, -0.2) is 0 Å². The number of benzene rings is 1. The molecule has 27 heavy (non-hydrogen) atoms. The van der Waals surface area contributed by atoms with Crippen LogP contribution in [0.3, 0.4) is 0 Å². The molecule has 0 radical (unpaired) electrons. The topological polar surface area (TPSA) is 59.1 Å². The fourth-order valence-corrected chi connectivity index (χ4v) is 4.17. The molecule has 1 aromatic rings. The standard InChI is InChI=1S/C21H28N2O4/c1-16-6-10-22(11-7-16)19(24)17-2-4-18(5-3-17)20(25)23-12-8-21(9-13-23)26-14-15-27-21/h2-5,16H,6-15H2,1H3. The Kier molecular flexibility index (Phi) is 5.19. The van der Waals surface area contributed by atoms with Gasteiger partial charge >= 0.3 is 0 Å². The second kappa shape index (κ2) is 7.60. The SMILES string of the molecule is CC1CCN(C(=O)c2ccc(C(=O)N3CCC4(CC3)OCCO4)cc2)CC1. The van der Waals surface area contributed by atoms with Crippen molar-refractivity contribution in [1.82, 2.24) is 9.80 Å². The molecule has 146 valence electrons. The Balaban J connectivity index is 1.36. The van der Waals surface area contributed by atoms with Gasteiger partial charge in [0.2, 0.25) is 0 Å². The molecule has 3 heterocycles. The van der Waals surface area contributed by atoms with Gasteiger partial charge in [-0.2, -0.15) is 0 Å². The molecule has 3 saturated heterocycles. The van der Waals surface area contributed by atoms with Crippen molar-refractivity contribution < 1.29 is 19.1 Å². The molecule has 6 heteroatoms. The molecule has 0 saturated carbocycles. The number of nitrogens with zero attached hydrogens (tertiary/aromatic N) is 2. The third-order valence-electron chi connectivity index (χ3n) is 6.08. The third kappa shape index (κ3) is 3.87. The fraction of sp³-hybridized carbons (Fsp3) is 0.619. The van der Waals surface area contributed by atoms with E-state index in [0.29, 0.717) is 56.2 Å². The second-order valence-corrected chi connectivity index (χ2v) is 7.95. The highest BCUT2D eigenvalue weighted by molar-refractivity contribution is 5.97. The minimum Gasteiger partial charge on any atom is -0.347 e. The first-order valence-electron chi connectivity index (χ1n) is 10.0. The van der Waals surface area contributed by atoms with Gasteiger partial charge in [0.05, 0.1) is 13.2 Å². The maximum atomic E-state index is 12.8. The van der Waals surface area contributed by atoms with Crippen LogP contribution < -0.4 is 0 Å². The fourth-order valence-electron chi connectivity index (χ4n) is 4.17. The first-order valence-corrected chi connectivity index (χ1v) is 10.0. The molecule has 0 unspecified atom stereocenters. The highest BCUT2D eigenvalue weighted by atomic mass is 16.7. The van der Waals surface area contributed by atoms with Crippen LogP contribution in [0.2, 0.25) is 0 Å². The molecule has 0 aliphatic carbocycles. The van der Waals surface area contributed by atoms with Crippen LogP contribution in [-0.4, -0.2) is 66.8 Å². The third-order valence-corrected chi connectivity index (χ3v) is 6.08. The van der Waals surface area contributed by atoms with Gasteiger partial charge in [-0.15, -0.1) is 0 Å². The largest absolute Gasteiger partial charge is 0.347 e. The summed E-state index contributed by atoms with van der Waals surface area (Å²) in [4.78, 5) is 29.2. The Morgan fingerprint density at radius 3 is 1.78 bits per heavy atom. The summed E-state index contributed by atoms with van der Waals surface area (Å²) in [5.74, 6) is 0.293. The number of hydrogen-bond donors (Lipinski definition) is 0. The minimum absolute atomic E-state index is 0.00800. The van der Waals surface area contributed by atoms with E-state index < -0.39 is 5.79 Å². The second-order valence-electron chi connectivity index (χ2n) is 7.95. The minimum atomic E-state index is -0.473. The van der Waals surface area contributed by atoms with Gasteiger partial charge in [0.1, 0.15) is 0 Å². The average molecular weight is 372 g/mol. The molecular weight excluding hydrogens is 344 g/mol. The Labute approximate surface area is 160 Å². The van der Waals surface area contributed by atoms with E-state index in [2.05, 4.69) is 6.92 Å². The molecule has 6 nitrogen and oxygen atoms in total. The van der Waals surface area contributed by atoms with Gasteiger partial charge < -0.3 is 19.3 Å². The predicted molar refractivity (Wildman–Crippen MR) is 101 cm³/mol. The summed E-state index contributed by atoms with van der Waals surface area (Å²) in [6, 6.07) is 7.11. The van der Waals surface area contributed by atoms with E-state index in [9.17, 15) is 9.59 Å². The number of rotatable bonds is 2. The highest BCUT2D eigenvalue weighted by Gasteiger charge is 2.40.